The molecular weight excluding hydrogens is 314 g/mol. The summed E-state index contributed by atoms with van der Waals surface area (Å²) < 4.78 is 0. The zero-order valence-corrected chi connectivity index (χ0v) is 15.1. The number of amides is 1. The van der Waals surface area contributed by atoms with Crippen LogP contribution >= 0.6 is 0 Å². The first kappa shape index (κ1) is 17.2. The third-order valence-electron chi connectivity index (χ3n) is 4.60. The summed E-state index contributed by atoms with van der Waals surface area (Å²) >= 11 is 0. The Labute approximate surface area is 148 Å². The molecule has 0 atom stereocenters. The molecule has 6 heteroatoms. The van der Waals surface area contributed by atoms with Crippen molar-refractivity contribution in [1.82, 2.24) is 14.9 Å². The average molecular weight is 339 g/mol. The number of anilines is 3. The van der Waals surface area contributed by atoms with E-state index in [1.807, 2.05) is 13.0 Å². The van der Waals surface area contributed by atoms with Gasteiger partial charge in [0.25, 0.3) is 0 Å². The second kappa shape index (κ2) is 7.51. The van der Waals surface area contributed by atoms with E-state index in [4.69, 9.17) is 0 Å². The Morgan fingerprint density at radius 2 is 1.92 bits per heavy atom. The minimum atomic E-state index is 0.729. The monoisotopic (exact) mass is 339 g/mol. The first-order valence-electron chi connectivity index (χ1n) is 8.76. The molecule has 1 aliphatic heterocycles. The number of hydrogen-bond donors (Lipinski definition) is 1. The lowest BCUT2D eigenvalue weighted by Crippen LogP contribution is -2.46. The van der Waals surface area contributed by atoms with E-state index < -0.39 is 0 Å². The van der Waals surface area contributed by atoms with Crippen molar-refractivity contribution in [2.24, 2.45) is 0 Å². The molecule has 0 saturated carbocycles. The first-order chi connectivity index (χ1) is 12.1. The van der Waals surface area contributed by atoms with Gasteiger partial charge in [0, 0.05) is 37.9 Å². The molecule has 6 nitrogen and oxygen atoms in total. The van der Waals surface area contributed by atoms with Gasteiger partial charge in [-0.15, -0.1) is 0 Å². The van der Waals surface area contributed by atoms with Crippen molar-refractivity contribution in [3.63, 3.8) is 0 Å². The van der Waals surface area contributed by atoms with Crippen LogP contribution < -0.4 is 10.2 Å². The Bertz CT molecular complexity index is 753. The number of rotatable bonds is 5. The quantitative estimate of drug-likeness (QED) is 0.849. The maximum atomic E-state index is 10.9. The van der Waals surface area contributed by atoms with Gasteiger partial charge in [-0.2, -0.15) is 0 Å². The van der Waals surface area contributed by atoms with Crippen molar-refractivity contribution >= 4 is 23.7 Å². The fourth-order valence-corrected chi connectivity index (χ4v) is 3.16. The molecule has 0 unspecified atom stereocenters. The van der Waals surface area contributed by atoms with Gasteiger partial charge in [-0.05, 0) is 31.4 Å². The SMILES string of the molecule is CCc1cccc(C)c1Nc1cc(N2CCN(C=O)CC2)nc(C)n1. The van der Waals surface area contributed by atoms with Gasteiger partial charge in [0.1, 0.15) is 17.5 Å². The van der Waals surface area contributed by atoms with Crippen LogP contribution in [0.4, 0.5) is 17.3 Å². The number of aromatic nitrogens is 2. The Morgan fingerprint density at radius 3 is 2.60 bits per heavy atom. The number of carbonyl (C=O) groups excluding carboxylic acids is 1. The van der Waals surface area contributed by atoms with Crippen LogP contribution in [0.5, 0.6) is 0 Å². The largest absolute Gasteiger partial charge is 0.353 e. The van der Waals surface area contributed by atoms with E-state index in [1.165, 1.54) is 11.1 Å². The van der Waals surface area contributed by atoms with Crippen LogP contribution in [0, 0.1) is 13.8 Å². The molecule has 1 amide bonds. The zero-order valence-electron chi connectivity index (χ0n) is 15.1. The smallest absolute Gasteiger partial charge is 0.209 e. The normalized spacial score (nSPS) is 14.5. The predicted molar refractivity (Wildman–Crippen MR) is 100 cm³/mol. The summed E-state index contributed by atoms with van der Waals surface area (Å²) in [5, 5.41) is 3.49. The second-order valence-electron chi connectivity index (χ2n) is 6.37. The molecule has 132 valence electrons. The van der Waals surface area contributed by atoms with Crippen molar-refractivity contribution < 1.29 is 4.79 Å². The summed E-state index contributed by atoms with van der Waals surface area (Å²) in [4.78, 5) is 24.0. The van der Waals surface area contributed by atoms with E-state index in [-0.39, 0.29) is 0 Å². The molecule has 3 rings (SSSR count). The summed E-state index contributed by atoms with van der Waals surface area (Å²) in [5.74, 6) is 2.46. The molecule has 0 aliphatic carbocycles. The molecule has 1 saturated heterocycles. The molecule has 1 aliphatic rings. The number of benzene rings is 1. The molecule has 2 aromatic rings. The molecule has 0 spiro atoms. The standard InChI is InChI=1S/C19H25N5O/c1-4-16-7-5-6-14(2)19(16)22-17-12-18(21-15(3)20-17)24-10-8-23(13-25)9-11-24/h5-7,12-13H,4,8-11H2,1-3H3,(H,20,21,22). The van der Waals surface area contributed by atoms with Crippen LogP contribution in [-0.4, -0.2) is 47.5 Å². The maximum absolute atomic E-state index is 10.9. The Balaban J connectivity index is 1.84. The Morgan fingerprint density at radius 1 is 1.16 bits per heavy atom. The molecule has 1 fully saturated rings. The molecule has 25 heavy (non-hydrogen) atoms. The molecule has 2 heterocycles. The third-order valence-corrected chi connectivity index (χ3v) is 4.60. The second-order valence-corrected chi connectivity index (χ2v) is 6.37. The number of para-hydroxylation sites is 1. The highest BCUT2D eigenvalue weighted by Crippen LogP contribution is 2.26. The summed E-state index contributed by atoms with van der Waals surface area (Å²) in [6, 6.07) is 8.33. The van der Waals surface area contributed by atoms with Crippen molar-refractivity contribution in [3.8, 4) is 0 Å². The number of nitrogens with one attached hydrogen (secondary N) is 1. The van der Waals surface area contributed by atoms with Gasteiger partial charge in [-0.1, -0.05) is 25.1 Å². The van der Waals surface area contributed by atoms with Crippen molar-refractivity contribution in [3.05, 3.63) is 41.2 Å². The number of piperazine rings is 1. The third kappa shape index (κ3) is 3.90. The summed E-state index contributed by atoms with van der Waals surface area (Å²) in [5.41, 5.74) is 3.61. The topological polar surface area (TPSA) is 61.4 Å². The molecule has 1 aromatic heterocycles. The van der Waals surface area contributed by atoms with Crippen molar-refractivity contribution in [2.75, 3.05) is 36.4 Å². The zero-order chi connectivity index (χ0) is 17.8. The van der Waals surface area contributed by atoms with Gasteiger partial charge in [0.15, 0.2) is 0 Å². The minimum absolute atomic E-state index is 0.729. The highest BCUT2D eigenvalue weighted by Gasteiger charge is 2.18. The average Bonchev–Trinajstić information content (AvgIpc) is 2.63. The van der Waals surface area contributed by atoms with Gasteiger partial charge in [-0.3, -0.25) is 4.79 Å². The number of hydrogen-bond acceptors (Lipinski definition) is 5. The fraction of sp³-hybridized carbons (Fsp3) is 0.421. The van der Waals surface area contributed by atoms with Gasteiger partial charge in [0.2, 0.25) is 6.41 Å². The highest BCUT2D eigenvalue weighted by molar-refractivity contribution is 5.66. The van der Waals surface area contributed by atoms with Crippen LogP contribution in [-0.2, 0) is 11.2 Å². The van der Waals surface area contributed by atoms with E-state index in [1.54, 1.807) is 4.90 Å². The van der Waals surface area contributed by atoms with Crippen LogP contribution in [0.25, 0.3) is 0 Å². The van der Waals surface area contributed by atoms with Gasteiger partial charge in [-0.25, -0.2) is 9.97 Å². The number of aryl methyl sites for hydroxylation is 3. The Kier molecular flexibility index (Phi) is 5.16. The first-order valence-corrected chi connectivity index (χ1v) is 8.76. The summed E-state index contributed by atoms with van der Waals surface area (Å²) in [7, 11) is 0. The maximum Gasteiger partial charge on any atom is 0.209 e. The Hall–Kier alpha value is -2.63. The van der Waals surface area contributed by atoms with E-state index in [0.717, 1.165) is 62.2 Å². The lowest BCUT2D eigenvalue weighted by Gasteiger charge is -2.33. The number of carbonyl (C=O) groups is 1. The van der Waals surface area contributed by atoms with Crippen LogP contribution in [0.1, 0.15) is 23.9 Å². The van der Waals surface area contributed by atoms with Crippen LogP contribution in [0.15, 0.2) is 24.3 Å². The van der Waals surface area contributed by atoms with Crippen molar-refractivity contribution in [1.29, 1.82) is 0 Å². The van der Waals surface area contributed by atoms with E-state index in [0.29, 0.717) is 0 Å². The number of nitrogens with zero attached hydrogens (tertiary/aromatic N) is 4. The van der Waals surface area contributed by atoms with Gasteiger partial charge < -0.3 is 15.1 Å². The lowest BCUT2D eigenvalue weighted by molar-refractivity contribution is -0.118. The molecular formula is C19H25N5O. The van der Waals surface area contributed by atoms with Crippen LogP contribution in [0.3, 0.4) is 0 Å². The van der Waals surface area contributed by atoms with E-state index >= 15 is 0 Å². The van der Waals surface area contributed by atoms with Gasteiger partial charge in [0.05, 0.1) is 0 Å². The van der Waals surface area contributed by atoms with Crippen molar-refractivity contribution in [2.45, 2.75) is 27.2 Å². The highest BCUT2D eigenvalue weighted by atomic mass is 16.1. The van der Waals surface area contributed by atoms with E-state index in [2.05, 4.69) is 52.2 Å². The molecule has 0 bridgehead atoms. The minimum Gasteiger partial charge on any atom is -0.353 e. The molecule has 0 radical (unpaired) electrons. The molecule has 1 aromatic carbocycles. The lowest BCUT2D eigenvalue weighted by atomic mass is 10.1. The summed E-state index contributed by atoms with van der Waals surface area (Å²) in [6.45, 7) is 9.21. The molecule has 1 N–H and O–H groups in total. The predicted octanol–water partition coefficient (Wildman–Crippen LogP) is 2.68. The van der Waals surface area contributed by atoms with Crippen LogP contribution in [0.2, 0.25) is 0 Å². The van der Waals surface area contributed by atoms with E-state index in [9.17, 15) is 4.79 Å². The fourth-order valence-electron chi connectivity index (χ4n) is 3.16. The summed E-state index contributed by atoms with van der Waals surface area (Å²) in [6.07, 6.45) is 1.88. The van der Waals surface area contributed by atoms with Gasteiger partial charge >= 0.3 is 0 Å².